The third-order valence-corrected chi connectivity index (χ3v) is 4.98. The SMILES string of the molecule is COc1cc(-c2[nH]c3ccccc3c2SCc2nn[nH]n2)ccc1O. The van der Waals surface area contributed by atoms with Crippen molar-refractivity contribution in [1.82, 2.24) is 25.6 Å². The molecule has 0 atom stereocenters. The molecule has 2 aromatic heterocycles. The van der Waals surface area contributed by atoms with Gasteiger partial charge in [-0.3, -0.25) is 0 Å². The Morgan fingerprint density at radius 3 is 2.88 bits per heavy atom. The normalized spacial score (nSPS) is 11.1. The van der Waals surface area contributed by atoms with Gasteiger partial charge in [-0.15, -0.1) is 22.0 Å². The molecule has 7 nitrogen and oxygen atoms in total. The molecule has 3 N–H and O–H groups in total. The van der Waals surface area contributed by atoms with E-state index in [4.69, 9.17) is 4.74 Å². The summed E-state index contributed by atoms with van der Waals surface area (Å²) in [4.78, 5) is 4.55. The van der Waals surface area contributed by atoms with Crippen molar-refractivity contribution in [3.8, 4) is 22.8 Å². The Bertz CT molecular complexity index is 1010. The molecule has 0 amide bonds. The zero-order valence-electron chi connectivity index (χ0n) is 13.4. The second-order valence-corrected chi connectivity index (χ2v) is 6.36. The molecule has 0 fully saturated rings. The van der Waals surface area contributed by atoms with Crippen LogP contribution in [0.1, 0.15) is 5.82 Å². The van der Waals surface area contributed by atoms with E-state index in [1.54, 1.807) is 17.8 Å². The van der Waals surface area contributed by atoms with E-state index in [0.717, 1.165) is 27.1 Å². The van der Waals surface area contributed by atoms with Crippen LogP contribution in [0, 0.1) is 0 Å². The molecule has 4 rings (SSSR count). The number of nitrogens with zero attached hydrogens (tertiary/aromatic N) is 3. The molecule has 4 aromatic rings. The number of phenols is 1. The maximum Gasteiger partial charge on any atom is 0.184 e. The molecule has 0 unspecified atom stereocenters. The summed E-state index contributed by atoms with van der Waals surface area (Å²) in [5, 5.41) is 25.1. The molecule has 25 heavy (non-hydrogen) atoms. The molecule has 0 bridgehead atoms. The van der Waals surface area contributed by atoms with Crippen molar-refractivity contribution in [2.45, 2.75) is 10.6 Å². The van der Waals surface area contributed by atoms with E-state index in [9.17, 15) is 5.11 Å². The number of tetrazole rings is 1. The highest BCUT2D eigenvalue weighted by molar-refractivity contribution is 7.98. The fourth-order valence-corrected chi connectivity index (χ4v) is 3.73. The Labute approximate surface area is 147 Å². The lowest BCUT2D eigenvalue weighted by Crippen LogP contribution is -1.88. The zero-order chi connectivity index (χ0) is 17.2. The van der Waals surface area contributed by atoms with E-state index in [0.29, 0.717) is 17.3 Å². The van der Waals surface area contributed by atoms with Crippen molar-refractivity contribution in [2.24, 2.45) is 0 Å². The van der Waals surface area contributed by atoms with Crippen LogP contribution in [-0.2, 0) is 5.75 Å². The van der Waals surface area contributed by atoms with Crippen LogP contribution >= 0.6 is 11.8 Å². The van der Waals surface area contributed by atoms with Gasteiger partial charge in [0.05, 0.1) is 18.6 Å². The van der Waals surface area contributed by atoms with Crippen molar-refractivity contribution in [2.75, 3.05) is 7.11 Å². The monoisotopic (exact) mass is 353 g/mol. The van der Waals surface area contributed by atoms with Crippen molar-refractivity contribution in [1.29, 1.82) is 0 Å². The molecule has 0 spiro atoms. The molecule has 126 valence electrons. The van der Waals surface area contributed by atoms with Crippen molar-refractivity contribution in [3.63, 3.8) is 0 Å². The lowest BCUT2D eigenvalue weighted by Gasteiger charge is -2.08. The van der Waals surface area contributed by atoms with Crippen LogP contribution in [0.4, 0.5) is 0 Å². The molecule has 0 radical (unpaired) electrons. The van der Waals surface area contributed by atoms with Gasteiger partial charge in [-0.25, -0.2) is 0 Å². The minimum Gasteiger partial charge on any atom is -0.504 e. The number of fused-ring (bicyclic) bond motifs is 1. The van der Waals surface area contributed by atoms with Gasteiger partial charge in [0, 0.05) is 21.4 Å². The highest BCUT2D eigenvalue weighted by atomic mass is 32.2. The number of benzene rings is 2. The molecule has 2 heterocycles. The largest absolute Gasteiger partial charge is 0.504 e. The van der Waals surface area contributed by atoms with Crippen LogP contribution in [0.5, 0.6) is 11.5 Å². The summed E-state index contributed by atoms with van der Waals surface area (Å²) in [6, 6.07) is 13.4. The summed E-state index contributed by atoms with van der Waals surface area (Å²) in [6.45, 7) is 0. The van der Waals surface area contributed by atoms with Gasteiger partial charge >= 0.3 is 0 Å². The first kappa shape index (κ1) is 15.5. The maximum absolute atomic E-state index is 9.85. The molecule has 0 saturated heterocycles. The fraction of sp³-hybridized carbons (Fsp3) is 0.118. The number of hydrogen-bond acceptors (Lipinski definition) is 6. The number of para-hydroxylation sites is 1. The average Bonchev–Trinajstić information content (AvgIpc) is 3.28. The van der Waals surface area contributed by atoms with Crippen LogP contribution in [0.2, 0.25) is 0 Å². The smallest absolute Gasteiger partial charge is 0.184 e. The van der Waals surface area contributed by atoms with Crippen LogP contribution in [0.25, 0.3) is 22.2 Å². The first-order chi connectivity index (χ1) is 12.3. The van der Waals surface area contributed by atoms with Gasteiger partial charge in [0.1, 0.15) is 0 Å². The van der Waals surface area contributed by atoms with Crippen LogP contribution in [-0.4, -0.2) is 37.8 Å². The van der Waals surface area contributed by atoms with Crippen LogP contribution in [0.3, 0.4) is 0 Å². The highest BCUT2D eigenvalue weighted by Gasteiger charge is 2.16. The second kappa shape index (κ2) is 6.48. The third kappa shape index (κ3) is 2.91. The van der Waals surface area contributed by atoms with Crippen molar-refractivity contribution >= 4 is 22.7 Å². The number of thioether (sulfide) groups is 1. The lowest BCUT2D eigenvalue weighted by molar-refractivity contribution is 0.373. The van der Waals surface area contributed by atoms with Gasteiger partial charge in [-0.1, -0.05) is 23.4 Å². The highest BCUT2D eigenvalue weighted by Crippen LogP contribution is 2.40. The topological polar surface area (TPSA) is 99.7 Å². The average molecular weight is 353 g/mol. The summed E-state index contributed by atoms with van der Waals surface area (Å²) in [5.41, 5.74) is 2.94. The Morgan fingerprint density at radius 2 is 2.08 bits per heavy atom. The first-order valence-corrected chi connectivity index (χ1v) is 8.58. The van der Waals surface area contributed by atoms with Gasteiger partial charge in [0.2, 0.25) is 0 Å². The Balaban J connectivity index is 1.81. The Hall–Kier alpha value is -3.00. The third-order valence-electron chi connectivity index (χ3n) is 3.86. The number of aromatic hydroxyl groups is 1. The first-order valence-electron chi connectivity index (χ1n) is 7.59. The number of nitrogens with one attached hydrogen (secondary N) is 2. The predicted octanol–water partition coefficient (Wildman–Crippen LogP) is 3.35. The molecule has 0 aliphatic rings. The van der Waals surface area contributed by atoms with E-state index >= 15 is 0 Å². The molecular weight excluding hydrogens is 338 g/mol. The Morgan fingerprint density at radius 1 is 1.20 bits per heavy atom. The number of methoxy groups -OCH3 is 1. The van der Waals surface area contributed by atoms with E-state index in [2.05, 4.69) is 31.7 Å². The summed E-state index contributed by atoms with van der Waals surface area (Å²) in [7, 11) is 1.54. The van der Waals surface area contributed by atoms with Gasteiger partial charge < -0.3 is 14.8 Å². The van der Waals surface area contributed by atoms with E-state index in [-0.39, 0.29) is 5.75 Å². The standard InChI is InChI=1S/C17H15N5O2S/c1-24-14-8-10(6-7-13(14)23)16-17(25-9-15-19-21-22-20-15)11-4-2-3-5-12(11)18-16/h2-8,18,23H,9H2,1H3,(H,19,20,21,22). The van der Waals surface area contributed by atoms with Gasteiger partial charge in [0.25, 0.3) is 0 Å². The van der Waals surface area contributed by atoms with E-state index in [1.807, 2.05) is 30.3 Å². The number of rotatable bonds is 5. The van der Waals surface area contributed by atoms with Gasteiger partial charge in [-0.05, 0) is 24.3 Å². The quantitative estimate of drug-likeness (QED) is 0.476. The number of ether oxygens (including phenoxy) is 1. The molecule has 0 aliphatic heterocycles. The number of aromatic amines is 2. The molecule has 2 aromatic carbocycles. The van der Waals surface area contributed by atoms with Gasteiger partial charge in [0.15, 0.2) is 17.3 Å². The molecular formula is C17H15N5O2S. The fourth-order valence-electron chi connectivity index (χ4n) is 2.68. The number of phenolic OH excluding ortho intramolecular Hbond substituents is 1. The summed E-state index contributed by atoms with van der Waals surface area (Å²) < 4.78 is 5.24. The van der Waals surface area contributed by atoms with Crippen molar-refractivity contribution in [3.05, 3.63) is 48.3 Å². The summed E-state index contributed by atoms with van der Waals surface area (Å²) in [6.07, 6.45) is 0. The molecule has 8 heteroatoms. The van der Waals surface area contributed by atoms with Gasteiger partial charge in [-0.2, -0.15) is 5.21 Å². The number of aromatic nitrogens is 5. The number of hydrogen-bond donors (Lipinski definition) is 3. The second-order valence-electron chi connectivity index (χ2n) is 5.38. The Kier molecular flexibility index (Phi) is 4.02. The van der Waals surface area contributed by atoms with Crippen LogP contribution < -0.4 is 4.74 Å². The maximum atomic E-state index is 9.85. The lowest BCUT2D eigenvalue weighted by atomic mass is 10.1. The summed E-state index contributed by atoms with van der Waals surface area (Å²) in [5.74, 6) is 1.79. The number of H-pyrrole nitrogens is 2. The minimum absolute atomic E-state index is 0.114. The van der Waals surface area contributed by atoms with E-state index < -0.39 is 0 Å². The molecule has 0 saturated carbocycles. The minimum atomic E-state index is 0.114. The zero-order valence-corrected chi connectivity index (χ0v) is 14.2. The van der Waals surface area contributed by atoms with Crippen LogP contribution in [0.15, 0.2) is 47.4 Å². The molecule has 0 aliphatic carbocycles. The van der Waals surface area contributed by atoms with E-state index in [1.165, 1.54) is 7.11 Å². The predicted molar refractivity (Wildman–Crippen MR) is 95.7 cm³/mol. The summed E-state index contributed by atoms with van der Waals surface area (Å²) >= 11 is 1.63. The van der Waals surface area contributed by atoms with Crippen molar-refractivity contribution < 1.29 is 9.84 Å².